The highest BCUT2D eigenvalue weighted by Crippen LogP contribution is 2.35. The summed E-state index contributed by atoms with van der Waals surface area (Å²) in [5, 5.41) is 32.3. The van der Waals surface area contributed by atoms with E-state index in [9.17, 15) is 19.8 Å². The molecule has 2 unspecified atom stereocenters. The van der Waals surface area contributed by atoms with Gasteiger partial charge in [-0.1, -0.05) is 38.4 Å². The van der Waals surface area contributed by atoms with Crippen LogP contribution in [-0.2, 0) is 14.4 Å². The Balaban J connectivity index is 0.000000620. The number of fused-ring (bicyclic) bond motifs is 1. The lowest BCUT2D eigenvalue weighted by atomic mass is 10.0. The Hall–Kier alpha value is -4.21. The number of aliphatic hydroxyl groups is 1. The number of oxime groups is 1. The second kappa shape index (κ2) is 15.8. The van der Waals surface area contributed by atoms with E-state index in [1.807, 2.05) is 13.8 Å². The van der Waals surface area contributed by atoms with E-state index in [2.05, 4.69) is 22.5 Å². The van der Waals surface area contributed by atoms with Crippen LogP contribution in [0.5, 0.6) is 11.5 Å². The minimum atomic E-state index is -1.25. The van der Waals surface area contributed by atoms with E-state index < -0.39 is 24.1 Å². The first kappa shape index (κ1) is 31.8. The third-order valence-corrected chi connectivity index (χ3v) is 4.98. The number of aromatic hydroxyl groups is 1. The Morgan fingerprint density at radius 3 is 2.58 bits per heavy atom. The first-order chi connectivity index (χ1) is 18.1. The van der Waals surface area contributed by atoms with E-state index >= 15 is 0 Å². The smallest absolute Gasteiger partial charge is 0.428 e. The average Bonchev–Trinajstić information content (AvgIpc) is 2.89. The summed E-state index contributed by atoms with van der Waals surface area (Å²) < 4.78 is 16.8. The Labute approximate surface area is 220 Å². The molecule has 2 atom stereocenters. The van der Waals surface area contributed by atoms with Crippen LogP contribution >= 0.6 is 0 Å². The number of terminal acetylenes is 1. The van der Waals surface area contributed by atoms with Gasteiger partial charge in [-0.25, -0.2) is 9.59 Å². The van der Waals surface area contributed by atoms with Gasteiger partial charge in [0.2, 0.25) is 6.29 Å². The molecule has 1 aliphatic rings. The van der Waals surface area contributed by atoms with Gasteiger partial charge >= 0.3 is 11.7 Å². The normalized spacial score (nSPS) is 16.6. The number of carbonyl (C=O) groups is 1. The molecule has 1 aromatic carbocycles. The number of hydrogen-bond acceptors (Lipinski definition) is 10. The number of hydrogen-bond donors (Lipinski definition) is 4. The molecule has 4 N–H and O–H groups in total. The molecule has 1 saturated heterocycles. The third-order valence-electron chi connectivity index (χ3n) is 4.98. The number of ether oxygens (including phenoxy) is 2. The predicted octanol–water partition coefficient (Wildman–Crippen LogP) is 3.80. The van der Waals surface area contributed by atoms with Crippen LogP contribution in [0.2, 0.25) is 0 Å². The molecule has 38 heavy (non-hydrogen) atoms. The largest absolute Gasteiger partial charge is 0.506 e. The van der Waals surface area contributed by atoms with Gasteiger partial charge in [0.25, 0.3) is 0 Å². The molecule has 1 amide bonds. The first-order valence-corrected chi connectivity index (χ1v) is 11.8. The van der Waals surface area contributed by atoms with Crippen LogP contribution in [0.15, 0.2) is 38.8 Å². The van der Waals surface area contributed by atoms with Crippen molar-refractivity contribution in [2.24, 2.45) is 5.16 Å². The highest BCUT2D eigenvalue weighted by molar-refractivity contribution is 6.06. The topological polar surface area (TPSA) is 169 Å². The number of nitrogens with one attached hydrogen (secondary N) is 1. The molecule has 0 saturated carbocycles. The van der Waals surface area contributed by atoms with E-state index in [0.717, 1.165) is 0 Å². The molecule has 0 spiro atoms. The van der Waals surface area contributed by atoms with Crippen LogP contribution in [0.4, 0.5) is 4.79 Å². The number of aliphatic hydroxyl groups excluding tert-OH is 1. The van der Waals surface area contributed by atoms with E-state index in [1.54, 1.807) is 31.5 Å². The van der Waals surface area contributed by atoms with Crippen molar-refractivity contribution in [1.29, 1.82) is 0 Å². The van der Waals surface area contributed by atoms with Crippen LogP contribution in [-0.4, -0.2) is 53.2 Å². The number of aryl methyl sites for hydroxylation is 1. The summed E-state index contributed by atoms with van der Waals surface area (Å²) in [6.07, 6.45) is 3.50. The number of amides is 1. The zero-order chi connectivity index (χ0) is 28.8. The van der Waals surface area contributed by atoms with E-state index in [0.29, 0.717) is 41.7 Å². The lowest BCUT2D eigenvalue weighted by Gasteiger charge is -2.29. The maximum Gasteiger partial charge on any atom is 0.428 e. The SMILES string of the molecule is C#CCONC(=O)O.C=C1OC(Oc2ccc3c(O)c(/C(CC)=N/OC)c(=O)oc3c2C)CCC1O.CC. The van der Waals surface area contributed by atoms with Gasteiger partial charge in [-0.15, -0.1) is 6.42 Å². The minimum absolute atomic E-state index is 0.0224. The Kier molecular flexibility index (Phi) is 13.2. The number of carboxylic acid groups (broad SMARTS) is 1. The maximum absolute atomic E-state index is 12.5. The third kappa shape index (κ3) is 8.43. The lowest BCUT2D eigenvalue weighted by molar-refractivity contribution is -0.0993. The van der Waals surface area contributed by atoms with Gasteiger partial charge in [0.15, 0.2) is 0 Å². The zero-order valence-electron chi connectivity index (χ0n) is 22.1. The molecular weight excluding hydrogens is 500 g/mol. The van der Waals surface area contributed by atoms with Crippen LogP contribution in [0.25, 0.3) is 11.0 Å². The van der Waals surface area contributed by atoms with Crippen LogP contribution in [0, 0.1) is 19.3 Å². The molecule has 0 aliphatic carbocycles. The summed E-state index contributed by atoms with van der Waals surface area (Å²) in [7, 11) is 1.37. The summed E-state index contributed by atoms with van der Waals surface area (Å²) in [5.74, 6) is 2.56. The molecule has 1 aliphatic heterocycles. The Morgan fingerprint density at radius 2 is 2.03 bits per heavy atom. The molecule has 0 bridgehead atoms. The molecule has 12 nitrogen and oxygen atoms in total. The van der Waals surface area contributed by atoms with Gasteiger partial charge in [-0.2, -0.15) is 5.48 Å². The number of benzene rings is 1. The molecular formula is C26H34N2O10. The number of rotatable bonds is 7. The van der Waals surface area contributed by atoms with Gasteiger partial charge in [-0.05, 0) is 31.9 Å². The van der Waals surface area contributed by atoms with Crippen molar-refractivity contribution in [2.75, 3.05) is 13.7 Å². The second-order valence-corrected chi connectivity index (χ2v) is 7.38. The summed E-state index contributed by atoms with van der Waals surface area (Å²) in [6.45, 7) is 11.1. The maximum atomic E-state index is 12.5. The van der Waals surface area contributed by atoms with Gasteiger partial charge in [0.1, 0.15) is 48.2 Å². The van der Waals surface area contributed by atoms with Crippen LogP contribution < -0.4 is 15.8 Å². The lowest BCUT2D eigenvalue weighted by Crippen LogP contribution is -2.31. The molecule has 2 aromatic rings. The summed E-state index contributed by atoms with van der Waals surface area (Å²) in [4.78, 5) is 31.0. The van der Waals surface area contributed by atoms with Crippen LogP contribution in [0.1, 0.15) is 51.2 Å². The fourth-order valence-electron chi connectivity index (χ4n) is 3.27. The zero-order valence-corrected chi connectivity index (χ0v) is 22.1. The van der Waals surface area contributed by atoms with E-state index in [1.165, 1.54) is 7.11 Å². The van der Waals surface area contributed by atoms with Crippen molar-refractivity contribution in [3.8, 4) is 23.8 Å². The molecule has 208 valence electrons. The standard InChI is InChI=1S/C20H23NO7.C4H5NO3.C2H6/c1-5-13(21-25-4)17-18(23)12-6-8-15(10(2)19(12)28-20(17)24)27-16-9-7-14(22)11(3)26-16;1-2-3-8-5-4(6)7;1-2/h6,8,14,16,22-23H,3,5,7,9H2,1-2,4H3;1,5H,3H2,(H,6,7);1-2H3/b21-13+;;. The average molecular weight is 535 g/mol. The van der Waals surface area contributed by atoms with E-state index in [-0.39, 0.29) is 29.3 Å². The number of hydroxylamine groups is 1. The van der Waals surface area contributed by atoms with Gasteiger partial charge < -0.3 is 34.0 Å². The van der Waals surface area contributed by atoms with Crippen molar-refractivity contribution in [3.63, 3.8) is 0 Å². The Morgan fingerprint density at radius 1 is 1.34 bits per heavy atom. The minimum Gasteiger partial charge on any atom is -0.506 e. The van der Waals surface area contributed by atoms with Crippen molar-refractivity contribution >= 4 is 22.8 Å². The quantitative estimate of drug-likeness (QED) is 0.135. The van der Waals surface area contributed by atoms with Crippen molar-refractivity contribution in [1.82, 2.24) is 5.48 Å². The van der Waals surface area contributed by atoms with Gasteiger partial charge in [0, 0.05) is 12.0 Å². The highest BCUT2D eigenvalue weighted by atomic mass is 16.7. The fourth-order valence-corrected chi connectivity index (χ4v) is 3.27. The van der Waals surface area contributed by atoms with Crippen molar-refractivity contribution in [3.05, 3.63) is 46.0 Å². The highest BCUT2D eigenvalue weighted by Gasteiger charge is 2.27. The van der Waals surface area contributed by atoms with Gasteiger partial charge in [0.05, 0.1) is 11.1 Å². The fraction of sp³-hybridized carbons (Fsp3) is 0.423. The molecule has 3 rings (SSSR count). The predicted molar refractivity (Wildman–Crippen MR) is 140 cm³/mol. The Bertz CT molecular complexity index is 1230. The monoisotopic (exact) mass is 534 g/mol. The molecule has 1 aromatic heterocycles. The van der Waals surface area contributed by atoms with Crippen LogP contribution in [0.3, 0.4) is 0 Å². The van der Waals surface area contributed by atoms with Crippen molar-refractivity contribution in [2.45, 2.75) is 59.4 Å². The molecule has 12 heteroatoms. The number of nitrogens with zero attached hydrogens (tertiary/aromatic N) is 1. The van der Waals surface area contributed by atoms with Gasteiger partial charge in [-0.3, -0.25) is 4.84 Å². The first-order valence-electron chi connectivity index (χ1n) is 11.8. The molecule has 1 fully saturated rings. The summed E-state index contributed by atoms with van der Waals surface area (Å²) in [5.41, 5.74) is 1.93. The summed E-state index contributed by atoms with van der Waals surface area (Å²) in [6, 6.07) is 3.27. The molecule has 0 radical (unpaired) electrons. The van der Waals surface area contributed by atoms with E-state index in [4.69, 9.17) is 30.3 Å². The summed E-state index contributed by atoms with van der Waals surface area (Å²) >= 11 is 0. The molecule has 2 heterocycles. The van der Waals surface area contributed by atoms with Crippen molar-refractivity contribution < 1.29 is 43.7 Å². The second-order valence-electron chi connectivity index (χ2n) is 7.38.